The van der Waals surface area contributed by atoms with Crippen LogP contribution < -0.4 is 5.32 Å². The third-order valence-electron chi connectivity index (χ3n) is 2.36. The molecule has 0 aliphatic heterocycles. The molecule has 1 N–H and O–H groups in total. The van der Waals surface area contributed by atoms with Crippen LogP contribution in [0.3, 0.4) is 0 Å². The van der Waals surface area contributed by atoms with E-state index in [1.807, 2.05) is 19.2 Å². The second-order valence-corrected chi connectivity index (χ2v) is 5.03. The standard InChI is InChI=1S/C11H19N3OS/c1-8(2)10(11(15)14(3)4)12-5-9-6-16-7-13-9/h6-8,10,12H,5H2,1-4H3. The number of nitrogens with zero attached hydrogens (tertiary/aromatic N) is 2. The summed E-state index contributed by atoms with van der Waals surface area (Å²) in [6, 6.07) is -0.142. The average molecular weight is 241 g/mol. The molecule has 5 heteroatoms. The Hall–Kier alpha value is -0.940. The van der Waals surface area contributed by atoms with Gasteiger partial charge < -0.3 is 4.90 Å². The highest BCUT2D eigenvalue weighted by atomic mass is 32.1. The Balaban J connectivity index is 2.55. The van der Waals surface area contributed by atoms with Gasteiger partial charge in [0.2, 0.25) is 5.91 Å². The van der Waals surface area contributed by atoms with Crippen LogP contribution in [0.4, 0.5) is 0 Å². The van der Waals surface area contributed by atoms with Crippen molar-refractivity contribution in [2.24, 2.45) is 5.92 Å². The third kappa shape index (κ3) is 3.57. The van der Waals surface area contributed by atoms with Crippen LogP contribution in [0.5, 0.6) is 0 Å². The number of amides is 1. The molecule has 1 amide bonds. The maximum atomic E-state index is 11.9. The highest BCUT2D eigenvalue weighted by molar-refractivity contribution is 7.07. The van der Waals surface area contributed by atoms with Crippen LogP contribution in [0.1, 0.15) is 19.5 Å². The topological polar surface area (TPSA) is 45.2 Å². The van der Waals surface area contributed by atoms with Crippen LogP contribution in [-0.4, -0.2) is 35.9 Å². The molecule has 0 aliphatic carbocycles. The predicted molar refractivity (Wildman–Crippen MR) is 66.3 cm³/mol. The second kappa shape index (κ2) is 5.96. The summed E-state index contributed by atoms with van der Waals surface area (Å²) in [5.41, 5.74) is 2.79. The van der Waals surface area contributed by atoms with Gasteiger partial charge in [0.15, 0.2) is 0 Å². The Labute approximate surface area is 101 Å². The molecule has 0 bridgehead atoms. The molecule has 4 nitrogen and oxygen atoms in total. The fourth-order valence-electron chi connectivity index (χ4n) is 1.43. The Morgan fingerprint density at radius 3 is 2.69 bits per heavy atom. The first-order valence-corrected chi connectivity index (χ1v) is 6.28. The van der Waals surface area contributed by atoms with Crippen LogP contribution in [0, 0.1) is 5.92 Å². The highest BCUT2D eigenvalue weighted by Gasteiger charge is 2.22. The van der Waals surface area contributed by atoms with E-state index in [0.717, 1.165) is 5.69 Å². The van der Waals surface area contributed by atoms with Crippen molar-refractivity contribution in [3.63, 3.8) is 0 Å². The number of nitrogens with one attached hydrogen (secondary N) is 1. The summed E-state index contributed by atoms with van der Waals surface area (Å²) in [7, 11) is 3.56. The van der Waals surface area contributed by atoms with Gasteiger partial charge in [-0.15, -0.1) is 11.3 Å². The summed E-state index contributed by atoms with van der Waals surface area (Å²) in [6.07, 6.45) is 0. The molecule has 0 aromatic carbocycles. The summed E-state index contributed by atoms with van der Waals surface area (Å²) in [4.78, 5) is 17.7. The summed E-state index contributed by atoms with van der Waals surface area (Å²) in [6.45, 7) is 4.73. The van der Waals surface area contributed by atoms with Crippen molar-refractivity contribution in [1.29, 1.82) is 0 Å². The van der Waals surface area contributed by atoms with E-state index in [1.165, 1.54) is 0 Å². The molecule has 1 aromatic heterocycles. The van der Waals surface area contributed by atoms with Crippen LogP contribution in [0.15, 0.2) is 10.9 Å². The van der Waals surface area contributed by atoms with E-state index in [-0.39, 0.29) is 17.9 Å². The number of carbonyl (C=O) groups is 1. The highest BCUT2D eigenvalue weighted by Crippen LogP contribution is 2.07. The molecule has 1 rings (SSSR count). The fourth-order valence-corrected chi connectivity index (χ4v) is 1.98. The van der Waals surface area contributed by atoms with Gasteiger partial charge in [0.1, 0.15) is 0 Å². The van der Waals surface area contributed by atoms with E-state index in [9.17, 15) is 4.79 Å². The molecular weight excluding hydrogens is 222 g/mol. The largest absolute Gasteiger partial charge is 0.347 e. The molecule has 16 heavy (non-hydrogen) atoms. The summed E-state index contributed by atoms with van der Waals surface area (Å²) in [5.74, 6) is 0.388. The van der Waals surface area contributed by atoms with Crippen molar-refractivity contribution < 1.29 is 4.79 Å². The number of likely N-dealkylation sites (N-methyl/N-ethyl adjacent to an activating group) is 1. The Bertz CT molecular complexity index is 322. The first-order valence-electron chi connectivity index (χ1n) is 5.34. The van der Waals surface area contributed by atoms with Gasteiger partial charge in [-0.2, -0.15) is 0 Å². The second-order valence-electron chi connectivity index (χ2n) is 4.32. The third-order valence-corrected chi connectivity index (χ3v) is 3.00. The maximum Gasteiger partial charge on any atom is 0.239 e. The van der Waals surface area contributed by atoms with Crippen molar-refractivity contribution in [3.8, 4) is 0 Å². The minimum Gasteiger partial charge on any atom is -0.347 e. The monoisotopic (exact) mass is 241 g/mol. The van der Waals surface area contributed by atoms with Crippen molar-refractivity contribution in [3.05, 3.63) is 16.6 Å². The fraction of sp³-hybridized carbons (Fsp3) is 0.636. The molecule has 0 saturated carbocycles. The molecular formula is C11H19N3OS. The van der Waals surface area contributed by atoms with Gasteiger partial charge in [0.05, 0.1) is 17.2 Å². The van der Waals surface area contributed by atoms with Crippen LogP contribution in [0.2, 0.25) is 0 Å². The zero-order chi connectivity index (χ0) is 12.1. The quantitative estimate of drug-likeness (QED) is 0.846. The molecule has 0 fully saturated rings. The number of aromatic nitrogens is 1. The number of carbonyl (C=O) groups excluding carboxylic acids is 1. The minimum atomic E-state index is -0.142. The Kier molecular flexibility index (Phi) is 4.89. The normalized spacial score (nSPS) is 12.8. The van der Waals surface area contributed by atoms with Crippen molar-refractivity contribution in [2.45, 2.75) is 26.4 Å². The molecule has 1 unspecified atom stereocenters. The lowest BCUT2D eigenvalue weighted by atomic mass is 10.0. The van der Waals surface area contributed by atoms with Gasteiger partial charge in [-0.25, -0.2) is 4.98 Å². The van der Waals surface area contributed by atoms with Crippen molar-refractivity contribution >= 4 is 17.2 Å². The van der Waals surface area contributed by atoms with Crippen LogP contribution in [0.25, 0.3) is 0 Å². The molecule has 1 aromatic rings. The zero-order valence-electron chi connectivity index (χ0n) is 10.2. The number of hydrogen-bond donors (Lipinski definition) is 1. The number of rotatable bonds is 5. The van der Waals surface area contributed by atoms with E-state index in [4.69, 9.17) is 0 Å². The van der Waals surface area contributed by atoms with Crippen molar-refractivity contribution in [1.82, 2.24) is 15.2 Å². The Morgan fingerprint density at radius 1 is 1.56 bits per heavy atom. The van der Waals surface area contributed by atoms with Crippen LogP contribution >= 0.6 is 11.3 Å². The summed E-state index contributed by atoms with van der Waals surface area (Å²) in [5, 5.41) is 5.25. The van der Waals surface area contributed by atoms with E-state index in [2.05, 4.69) is 10.3 Å². The number of thiazole rings is 1. The summed E-state index contributed by atoms with van der Waals surface area (Å²) < 4.78 is 0. The lowest BCUT2D eigenvalue weighted by molar-refractivity contribution is -0.132. The molecule has 0 radical (unpaired) electrons. The molecule has 0 aliphatic rings. The molecule has 1 atom stereocenters. The molecule has 0 saturated heterocycles. The first-order chi connectivity index (χ1) is 7.52. The van der Waals surface area contributed by atoms with E-state index < -0.39 is 0 Å². The summed E-state index contributed by atoms with van der Waals surface area (Å²) >= 11 is 1.57. The molecule has 0 spiro atoms. The van der Waals surface area contributed by atoms with Gasteiger partial charge >= 0.3 is 0 Å². The smallest absolute Gasteiger partial charge is 0.239 e. The van der Waals surface area contributed by atoms with Crippen LogP contribution in [-0.2, 0) is 11.3 Å². The zero-order valence-corrected chi connectivity index (χ0v) is 11.0. The van der Waals surface area contributed by atoms with Gasteiger partial charge in [-0.3, -0.25) is 10.1 Å². The number of hydrogen-bond acceptors (Lipinski definition) is 4. The van der Waals surface area contributed by atoms with E-state index in [0.29, 0.717) is 6.54 Å². The van der Waals surface area contributed by atoms with E-state index in [1.54, 1.807) is 35.8 Å². The van der Waals surface area contributed by atoms with Gasteiger partial charge in [0, 0.05) is 26.0 Å². The maximum absolute atomic E-state index is 11.9. The predicted octanol–water partition coefficient (Wildman–Crippen LogP) is 1.35. The lowest BCUT2D eigenvalue weighted by Crippen LogP contribution is -2.46. The SMILES string of the molecule is CC(C)C(NCc1cscn1)C(=O)N(C)C. The van der Waals surface area contributed by atoms with Gasteiger partial charge in [0.25, 0.3) is 0 Å². The van der Waals surface area contributed by atoms with Gasteiger partial charge in [-0.05, 0) is 5.92 Å². The molecule has 1 heterocycles. The molecule has 90 valence electrons. The minimum absolute atomic E-state index is 0.116. The van der Waals surface area contributed by atoms with Gasteiger partial charge in [-0.1, -0.05) is 13.8 Å². The van der Waals surface area contributed by atoms with Crippen molar-refractivity contribution in [2.75, 3.05) is 14.1 Å². The Morgan fingerprint density at radius 2 is 2.25 bits per heavy atom. The average Bonchev–Trinajstić information content (AvgIpc) is 2.69. The lowest BCUT2D eigenvalue weighted by Gasteiger charge is -2.24. The van der Waals surface area contributed by atoms with E-state index >= 15 is 0 Å². The first kappa shape index (κ1) is 13.1.